The molecule has 0 heterocycles. The Balaban J connectivity index is 1.46. The van der Waals surface area contributed by atoms with Crippen molar-refractivity contribution in [1.29, 1.82) is 0 Å². The summed E-state index contributed by atoms with van der Waals surface area (Å²) < 4.78 is 1.09. The van der Waals surface area contributed by atoms with E-state index in [1.165, 1.54) is 17.8 Å². The normalized spacial score (nSPS) is 11.9. The first-order chi connectivity index (χ1) is 19.7. The second kappa shape index (κ2) is 14.5. The fourth-order valence-corrected chi connectivity index (χ4v) is 5.32. The van der Waals surface area contributed by atoms with E-state index in [1.807, 2.05) is 43.3 Å². The lowest BCUT2D eigenvalue weighted by Crippen LogP contribution is -2.30. The van der Waals surface area contributed by atoms with Crippen molar-refractivity contribution in [2.75, 3.05) is 10.6 Å². The first kappa shape index (κ1) is 30.6. The highest BCUT2D eigenvalue weighted by atomic mass is 127. The van der Waals surface area contributed by atoms with Crippen LogP contribution in [0.15, 0.2) is 108 Å². The summed E-state index contributed by atoms with van der Waals surface area (Å²) in [6.07, 6.45) is 1.44. The van der Waals surface area contributed by atoms with Gasteiger partial charge in [-0.2, -0.15) is 0 Å². The third-order valence-corrected chi connectivity index (χ3v) is 8.21. The number of thioether (sulfide) groups is 1. The topological polar surface area (TPSA) is 87.3 Å². The van der Waals surface area contributed by atoms with Gasteiger partial charge in [0, 0.05) is 41.0 Å². The zero-order chi connectivity index (χ0) is 29.4. The smallest absolute Gasteiger partial charge is 0.272 e. The van der Waals surface area contributed by atoms with E-state index in [4.69, 9.17) is 23.2 Å². The molecule has 3 amide bonds. The van der Waals surface area contributed by atoms with Crippen LogP contribution in [-0.2, 0) is 9.59 Å². The molecule has 0 saturated heterocycles. The number of hydrogen-bond donors (Lipinski definition) is 3. The van der Waals surface area contributed by atoms with E-state index in [2.05, 4.69) is 38.5 Å². The summed E-state index contributed by atoms with van der Waals surface area (Å²) in [5.74, 6) is -1.13. The van der Waals surface area contributed by atoms with Crippen LogP contribution in [0.25, 0.3) is 6.08 Å². The molecule has 0 aromatic heterocycles. The van der Waals surface area contributed by atoms with Gasteiger partial charge in [-0.1, -0.05) is 47.5 Å². The first-order valence-electron chi connectivity index (χ1n) is 12.4. The van der Waals surface area contributed by atoms with Crippen LogP contribution in [0.2, 0.25) is 10.0 Å². The lowest BCUT2D eigenvalue weighted by Gasteiger charge is -2.14. The minimum absolute atomic E-state index is 0.0341. The third kappa shape index (κ3) is 8.84. The van der Waals surface area contributed by atoms with Crippen molar-refractivity contribution in [3.05, 3.63) is 128 Å². The number of halogens is 3. The molecule has 0 bridgehead atoms. The second-order valence-electron chi connectivity index (χ2n) is 8.75. The Morgan fingerprint density at radius 3 is 2.00 bits per heavy atom. The lowest BCUT2D eigenvalue weighted by atomic mass is 10.1. The maximum atomic E-state index is 13.3. The van der Waals surface area contributed by atoms with Gasteiger partial charge in [-0.25, -0.2) is 0 Å². The average Bonchev–Trinajstić information content (AvgIpc) is 2.97. The molecular formula is C31H24Cl2IN3O3S. The summed E-state index contributed by atoms with van der Waals surface area (Å²) in [7, 11) is 0. The van der Waals surface area contributed by atoms with Gasteiger partial charge in [0.25, 0.3) is 11.8 Å². The highest BCUT2D eigenvalue weighted by Gasteiger charge is 2.18. The van der Waals surface area contributed by atoms with Gasteiger partial charge >= 0.3 is 0 Å². The molecule has 1 atom stereocenters. The Morgan fingerprint density at radius 2 is 1.37 bits per heavy atom. The summed E-state index contributed by atoms with van der Waals surface area (Å²) in [6.45, 7) is 1.83. The zero-order valence-corrected chi connectivity index (χ0v) is 26.1. The predicted molar refractivity (Wildman–Crippen MR) is 177 cm³/mol. The van der Waals surface area contributed by atoms with Crippen LogP contribution in [0, 0.1) is 3.57 Å². The van der Waals surface area contributed by atoms with Crippen molar-refractivity contribution in [3.63, 3.8) is 0 Å². The minimum atomic E-state index is -0.559. The molecule has 208 valence electrons. The van der Waals surface area contributed by atoms with Crippen molar-refractivity contribution in [2.45, 2.75) is 17.1 Å². The monoisotopic (exact) mass is 715 g/mol. The van der Waals surface area contributed by atoms with E-state index in [-0.39, 0.29) is 16.9 Å². The van der Waals surface area contributed by atoms with Crippen molar-refractivity contribution >= 4 is 92.7 Å². The lowest BCUT2D eigenvalue weighted by molar-refractivity contribution is -0.115. The number of carbonyl (C=O) groups excluding carboxylic acids is 3. The number of hydrogen-bond acceptors (Lipinski definition) is 4. The average molecular weight is 716 g/mol. The number of amides is 3. The molecule has 1 unspecified atom stereocenters. The van der Waals surface area contributed by atoms with Crippen molar-refractivity contribution in [3.8, 4) is 0 Å². The van der Waals surface area contributed by atoms with Gasteiger partial charge in [0.15, 0.2) is 0 Å². The molecule has 0 aliphatic rings. The number of nitrogens with one attached hydrogen (secondary N) is 3. The van der Waals surface area contributed by atoms with Gasteiger partial charge in [-0.15, -0.1) is 11.8 Å². The summed E-state index contributed by atoms with van der Waals surface area (Å²) >= 11 is 16.2. The number of carbonyl (C=O) groups is 3. The van der Waals surface area contributed by atoms with Gasteiger partial charge < -0.3 is 16.0 Å². The van der Waals surface area contributed by atoms with Gasteiger partial charge in [0.1, 0.15) is 5.70 Å². The van der Waals surface area contributed by atoms with Crippen molar-refractivity contribution < 1.29 is 14.4 Å². The molecular weight excluding hydrogens is 692 g/mol. The van der Waals surface area contributed by atoms with Gasteiger partial charge in [-0.3, -0.25) is 14.4 Å². The van der Waals surface area contributed by atoms with E-state index in [9.17, 15) is 14.4 Å². The van der Waals surface area contributed by atoms with Gasteiger partial charge in [0.05, 0.1) is 5.25 Å². The van der Waals surface area contributed by atoms with E-state index >= 15 is 0 Å². The Morgan fingerprint density at radius 1 is 0.780 bits per heavy atom. The summed E-state index contributed by atoms with van der Waals surface area (Å²) in [4.78, 5) is 39.7. The standard InChI is InChI=1S/C31H24Cl2IN3O3S/c1-19(29(38)35-22-12-10-21(34)11-13-22)41-24-16-14-23(15-17-24)36-31(40)28(18-25-26(32)8-5-9-27(25)33)37-30(39)20-6-3-2-4-7-20/h2-19H,1H3,(H,35,38)(H,36,40)(H,37,39)/b28-18-. The molecule has 41 heavy (non-hydrogen) atoms. The second-order valence-corrected chi connectivity index (χ2v) is 12.2. The van der Waals surface area contributed by atoms with Crippen molar-refractivity contribution in [2.24, 2.45) is 0 Å². The Labute approximate surface area is 266 Å². The van der Waals surface area contributed by atoms with E-state index in [0.717, 1.165) is 14.2 Å². The fraction of sp³-hybridized carbons (Fsp3) is 0.0645. The zero-order valence-electron chi connectivity index (χ0n) is 21.7. The van der Waals surface area contributed by atoms with Crippen LogP contribution < -0.4 is 16.0 Å². The molecule has 6 nitrogen and oxygen atoms in total. The highest BCUT2D eigenvalue weighted by Crippen LogP contribution is 2.28. The summed E-state index contributed by atoms with van der Waals surface area (Å²) in [5.41, 5.74) is 1.99. The summed E-state index contributed by atoms with van der Waals surface area (Å²) in [6, 6.07) is 28.2. The molecule has 0 fully saturated rings. The fourth-order valence-electron chi connectivity index (χ4n) is 3.59. The Kier molecular flexibility index (Phi) is 10.9. The van der Waals surface area contributed by atoms with Gasteiger partial charge in [-0.05, 0) is 108 Å². The van der Waals surface area contributed by atoms with Crippen LogP contribution in [0.4, 0.5) is 11.4 Å². The van der Waals surface area contributed by atoms with E-state index < -0.39 is 11.8 Å². The molecule has 4 aromatic carbocycles. The Hall–Kier alpha value is -3.31. The molecule has 10 heteroatoms. The molecule has 4 aromatic rings. The molecule has 0 radical (unpaired) electrons. The highest BCUT2D eigenvalue weighted by molar-refractivity contribution is 14.1. The molecule has 0 aliphatic heterocycles. The number of benzene rings is 4. The van der Waals surface area contributed by atoms with Crippen molar-refractivity contribution in [1.82, 2.24) is 5.32 Å². The SMILES string of the molecule is CC(Sc1ccc(NC(=O)/C(=C/c2c(Cl)cccc2Cl)NC(=O)c2ccccc2)cc1)C(=O)Nc1ccc(I)cc1. The quantitative estimate of drug-likeness (QED) is 0.0928. The minimum Gasteiger partial charge on any atom is -0.325 e. The predicted octanol–water partition coefficient (Wildman–Crippen LogP) is 8.13. The maximum absolute atomic E-state index is 13.3. The molecule has 0 saturated carbocycles. The number of anilines is 2. The number of rotatable bonds is 9. The molecule has 0 spiro atoms. The van der Waals surface area contributed by atoms with Crippen LogP contribution >= 0.6 is 57.6 Å². The molecule has 0 aliphatic carbocycles. The van der Waals surface area contributed by atoms with Crippen LogP contribution in [0.1, 0.15) is 22.8 Å². The maximum Gasteiger partial charge on any atom is 0.272 e. The van der Waals surface area contributed by atoms with Gasteiger partial charge in [0.2, 0.25) is 5.91 Å². The van der Waals surface area contributed by atoms with Crippen LogP contribution in [0.5, 0.6) is 0 Å². The van der Waals surface area contributed by atoms with Crippen LogP contribution in [0.3, 0.4) is 0 Å². The molecule has 3 N–H and O–H groups in total. The van der Waals surface area contributed by atoms with Crippen LogP contribution in [-0.4, -0.2) is 23.0 Å². The van der Waals surface area contributed by atoms with E-state index in [1.54, 1.807) is 60.7 Å². The third-order valence-electron chi connectivity index (χ3n) is 5.72. The largest absolute Gasteiger partial charge is 0.325 e. The van der Waals surface area contributed by atoms with E-state index in [0.29, 0.717) is 26.9 Å². The summed E-state index contributed by atoms with van der Waals surface area (Å²) in [5, 5.41) is 8.70. The first-order valence-corrected chi connectivity index (χ1v) is 15.1. The Bertz CT molecular complexity index is 1560. The molecule has 4 rings (SSSR count).